The van der Waals surface area contributed by atoms with Crippen molar-refractivity contribution in [3.63, 3.8) is 0 Å². The number of rotatable bonds is 1. The number of nitrogens with one attached hydrogen (secondary N) is 1. The van der Waals surface area contributed by atoms with Gasteiger partial charge in [0.05, 0.1) is 0 Å². The summed E-state index contributed by atoms with van der Waals surface area (Å²) in [6.45, 7) is 8.24. The van der Waals surface area contributed by atoms with Crippen LogP contribution in [0.15, 0.2) is 0 Å². The maximum Gasteiger partial charge on any atom is 0.204 e. The fourth-order valence-corrected chi connectivity index (χ4v) is 2.04. The maximum absolute atomic E-state index is 5.25. The Balaban J connectivity index is 2.24. The van der Waals surface area contributed by atoms with Gasteiger partial charge in [0.15, 0.2) is 0 Å². The van der Waals surface area contributed by atoms with Crippen molar-refractivity contribution in [2.24, 2.45) is 0 Å². The van der Waals surface area contributed by atoms with Gasteiger partial charge < -0.3 is 14.8 Å². The Hall–Kier alpha value is -0.940. The van der Waals surface area contributed by atoms with Crippen LogP contribution in [0.2, 0.25) is 0 Å². The van der Waals surface area contributed by atoms with Crippen LogP contribution in [0, 0.1) is 18.5 Å². The van der Waals surface area contributed by atoms with Gasteiger partial charge in [-0.1, -0.05) is 12.2 Å². The van der Waals surface area contributed by atoms with E-state index in [2.05, 4.69) is 26.8 Å². The minimum atomic E-state index is 0.713. The van der Waals surface area contributed by atoms with Crippen molar-refractivity contribution < 1.29 is 0 Å². The molecule has 2 rings (SSSR count). The summed E-state index contributed by atoms with van der Waals surface area (Å²) in [7, 11) is 2.15. The molecule has 0 aromatic carbocycles. The van der Waals surface area contributed by atoms with Crippen molar-refractivity contribution in [1.82, 2.24) is 14.9 Å². The van der Waals surface area contributed by atoms with Crippen molar-refractivity contribution >= 4 is 18.2 Å². The zero-order valence-corrected chi connectivity index (χ0v) is 10.9. The van der Waals surface area contributed by atoms with Gasteiger partial charge in [0, 0.05) is 37.4 Å². The first-order chi connectivity index (χ1) is 7.58. The number of H-pyrrole nitrogens is 1. The molecule has 0 saturated carbocycles. The summed E-state index contributed by atoms with van der Waals surface area (Å²) in [6, 6.07) is 0. The second-order valence-corrected chi connectivity index (χ2v) is 4.79. The lowest BCUT2D eigenvalue weighted by Crippen LogP contribution is -2.45. The molecule has 1 aliphatic rings. The van der Waals surface area contributed by atoms with Crippen LogP contribution in [0.1, 0.15) is 11.3 Å². The molecule has 1 aromatic rings. The van der Waals surface area contributed by atoms with Crippen LogP contribution in [-0.2, 0) is 0 Å². The molecule has 0 aliphatic carbocycles. The minimum Gasteiger partial charge on any atom is -0.340 e. The fourth-order valence-electron chi connectivity index (χ4n) is 1.80. The van der Waals surface area contributed by atoms with E-state index in [1.165, 1.54) is 0 Å². The van der Waals surface area contributed by atoms with E-state index >= 15 is 0 Å². The topological polar surface area (TPSA) is 35.2 Å². The van der Waals surface area contributed by atoms with Crippen LogP contribution in [0.4, 0.5) is 5.95 Å². The Bertz CT molecular complexity index is 432. The molecular formula is C11H18N4S. The first-order valence-electron chi connectivity index (χ1n) is 5.59. The Morgan fingerprint density at radius 3 is 2.38 bits per heavy atom. The summed E-state index contributed by atoms with van der Waals surface area (Å²) < 4.78 is 0.713. The maximum atomic E-state index is 5.25. The van der Waals surface area contributed by atoms with Crippen LogP contribution < -0.4 is 4.90 Å². The number of piperazine rings is 1. The predicted octanol–water partition coefficient (Wildman–Crippen LogP) is 1.51. The normalized spacial score (nSPS) is 17.8. The molecule has 1 fully saturated rings. The smallest absolute Gasteiger partial charge is 0.204 e. The van der Waals surface area contributed by atoms with E-state index in [4.69, 9.17) is 12.2 Å². The van der Waals surface area contributed by atoms with E-state index in [1.54, 1.807) is 0 Å². The zero-order chi connectivity index (χ0) is 11.7. The van der Waals surface area contributed by atoms with E-state index in [9.17, 15) is 0 Å². The van der Waals surface area contributed by atoms with E-state index in [0.717, 1.165) is 43.4 Å². The Kier molecular flexibility index (Phi) is 3.25. The molecule has 0 atom stereocenters. The molecule has 5 heteroatoms. The zero-order valence-electron chi connectivity index (χ0n) is 10.1. The monoisotopic (exact) mass is 238 g/mol. The Morgan fingerprint density at radius 2 is 1.81 bits per heavy atom. The molecule has 0 bridgehead atoms. The van der Waals surface area contributed by atoms with Gasteiger partial charge in [0.25, 0.3) is 0 Å². The highest BCUT2D eigenvalue weighted by Crippen LogP contribution is 2.13. The van der Waals surface area contributed by atoms with Gasteiger partial charge in [-0.25, -0.2) is 4.98 Å². The summed E-state index contributed by atoms with van der Waals surface area (Å²) >= 11 is 5.25. The Morgan fingerprint density at radius 1 is 1.19 bits per heavy atom. The lowest BCUT2D eigenvalue weighted by molar-refractivity contribution is 0.311. The summed E-state index contributed by atoms with van der Waals surface area (Å²) in [5, 5.41) is 0. The van der Waals surface area contributed by atoms with Crippen LogP contribution in [0.3, 0.4) is 0 Å². The SMILES string of the molecule is Cc1[nH]c(N2CCN(C)CC2)nc(=S)c1C. The third-order valence-electron chi connectivity index (χ3n) is 3.19. The fraction of sp³-hybridized carbons (Fsp3) is 0.636. The molecule has 2 heterocycles. The van der Waals surface area contributed by atoms with Crippen molar-refractivity contribution in [1.29, 1.82) is 0 Å². The molecule has 1 aromatic heterocycles. The standard InChI is InChI=1S/C11H18N4S/c1-8-9(2)12-11(13-10(8)16)15-6-4-14(3)5-7-15/h4-7H2,1-3H3,(H,12,13,16). The van der Waals surface area contributed by atoms with Gasteiger partial charge >= 0.3 is 0 Å². The van der Waals surface area contributed by atoms with Gasteiger partial charge in [-0.2, -0.15) is 0 Å². The molecule has 1 aliphatic heterocycles. The third-order valence-corrected chi connectivity index (χ3v) is 3.59. The summed E-state index contributed by atoms with van der Waals surface area (Å²) in [5.41, 5.74) is 2.20. The molecule has 0 radical (unpaired) electrons. The second kappa shape index (κ2) is 4.51. The van der Waals surface area contributed by atoms with E-state index < -0.39 is 0 Å². The average molecular weight is 238 g/mol. The highest BCUT2D eigenvalue weighted by atomic mass is 32.1. The third kappa shape index (κ3) is 2.25. The predicted molar refractivity (Wildman–Crippen MR) is 68.6 cm³/mol. The largest absolute Gasteiger partial charge is 0.340 e. The number of likely N-dealkylation sites (N-methyl/N-ethyl adjacent to an activating group) is 1. The molecule has 16 heavy (non-hydrogen) atoms. The molecule has 0 unspecified atom stereocenters. The lowest BCUT2D eigenvalue weighted by Gasteiger charge is -2.33. The molecule has 1 saturated heterocycles. The summed E-state index contributed by atoms with van der Waals surface area (Å²) in [5.74, 6) is 0.918. The van der Waals surface area contributed by atoms with Gasteiger partial charge in [-0.3, -0.25) is 0 Å². The quantitative estimate of drug-likeness (QED) is 0.752. The first-order valence-corrected chi connectivity index (χ1v) is 6.00. The molecule has 0 amide bonds. The number of hydrogen-bond acceptors (Lipinski definition) is 4. The van der Waals surface area contributed by atoms with Gasteiger partial charge in [0.1, 0.15) is 4.64 Å². The van der Waals surface area contributed by atoms with Gasteiger partial charge in [-0.05, 0) is 20.9 Å². The van der Waals surface area contributed by atoms with Crippen molar-refractivity contribution in [2.45, 2.75) is 13.8 Å². The molecule has 0 spiro atoms. The number of anilines is 1. The second-order valence-electron chi connectivity index (χ2n) is 4.41. The van der Waals surface area contributed by atoms with E-state index in [-0.39, 0.29) is 0 Å². The number of aryl methyl sites for hydroxylation is 1. The summed E-state index contributed by atoms with van der Waals surface area (Å²) in [4.78, 5) is 12.4. The number of aromatic amines is 1. The van der Waals surface area contributed by atoms with Crippen LogP contribution >= 0.6 is 12.2 Å². The minimum absolute atomic E-state index is 0.713. The highest BCUT2D eigenvalue weighted by molar-refractivity contribution is 7.71. The number of hydrogen-bond donors (Lipinski definition) is 1. The summed E-state index contributed by atoms with van der Waals surface area (Å²) in [6.07, 6.45) is 0. The lowest BCUT2D eigenvalue weighted by atomic mass is 10.3. The highest BCUT2D eigenvalue weighted by Gasteiger charge is 2.16. The first kappa shape index (κ1) is 11.5. The molecular weight excluding hydrogens is 220 g/mol. The van der Waals surface area contributed by atoms with Crippen molar-refractivity contribution in [3.8, 4) is 0 Å². The number of aromatic nitrogens is 2. The van der Waals surface area contributed by atoms with Crippen LogP contribution in [0.5, 0.6) is 0 Å². The van der Waals surface area contributed by atoms with Crippen LogP contribution in [0.25, 0.3) is 0 Å². The van der Waals surface area contributed by atoms with Crippen molar-refractivity contribution in [2.75, 3.05) is 38.1 Å². The van der Waals surface area contributed by atoms with E-state index in [0.29, 0.717) is 4.64 Å². The average Bonchev–Trinajstić information content (AvgIpc) is 2.26. The van der Waals surface area contributed by atoms with Gasteiger partial charge in [-0.15, -0.1) is 0 Å². The van der Waals surface area contributed by atoms with Crippen LogP contribution in [-0.4, -0.2) is 48.1 Å². The Labute approximate surface area is 101 Å². The molecule has 4 nitrogen and oxygen atoms in total. The van der Waals surface area contributed by atoms with Gasteiger partial charge in [0.2, 0.25) is 5.95 Å². The van der Waals surface area contributed by atoms with E-state index in [1.807, 2.05) is 13.8 Å². The molecule has 88 valence electrons. The molecule has 1 N–H and O–H groups in total. The number of nitrogens with zero attached hydrogens (tertiary/aromatic N) is 3. The van der Waals surface area contributed by atoms with Crippen molar-refractivity contribution in [3.05, 3.63) is 15.9 Å².